The average Bonchev–Trinajstić information content (AvgIpc) is 2.78. The molecule has 5 rings (SSSR count). The topological polar surface area (TPSA) is 97.0 Å². The molecule has 1 aliphatic heterocycles. The Balaban J connectivity index is 1.79. The molecule has 172 valence electrons. The van der Waals surface area contributed by atoms with Crippen molar-refractivity contribution in [2.45, 2.75) is 33.1 Å². The zero-order valence-corrected chi connectivity index (χ0v) is 19.1. The summed E-state index contributed by atoms with van der Waals surface area (Å²) in [6, 6.07) is 12.3. The van der Waals surface area contributed by atoms with E-state index >= 15 is 0 Å². The van der Waals surface area contributed by atoms with Gasteiger partial charge in [-0.3, -0.25) is 0 Å². The molecule has 0 amide bonds. The van der Waals surface area contributed by atoms with Crippen molar-refractivity contribution in [1.29, 1.82) is 0 Å². The monoisotopic (exact) mass is 456 g/mol. The van der Waals surface area contributed by atoms with Gasteiger partial charge in [0.05, 0.1) is 28.4 Å². The summed E-state index contributed by atoms with van der Waals surface area (Å²) >= 11 is 0. The third-order valence-electron chi connectivity index (χ3n) is 6.48. The van der Waals surface area contributed by atoms with Crippen LogP contribution in [0.4, 0.5) is 0 Å². The number of aliphatic hydroxyl groups excluding tert-OH is 1. The van der Waals surface area contributed by atoms with Crippen LogP contribution in [0.1, 0.15) is 41.5 Å². The highest BCUT2D eigenvalue weighted by atomic mass is 16.5. The molecule has 3 aromatic rings. The van der Waals surface area contributed by atoms with Gasteiger partial charge in [0, 0.05) is 0 Å². The van der Waals surface area contributed by atoms with E-state index in [0.29, 0.717) is 23.1 Å². The Labute approximate surface area is 196 Å². The lowest BCUT2D eigenvalue weighted by Gasteiger charge is -2.31. The molecule has 1 aromatic heterocycles. The van der Waals surface area contributed by atoms with E-state index in [1.807, 2.05) is 39.0 Å². The number of allylic oxidation sites excluding steroid dienone is 3. The zero-order valence-electron chi connectivity index (χ0n) is 19.1. The number of esters is 1. The quantitative estimate of drug-likeness (QED) is 0.401. The number of aliphatic hydroxyl groups is 1. The van der Waals surface area contributed by atoms with Crippen molar-refractivity contribution in [3.8, 4) is 5.75 Å². The molecule has 0 bridgehead atoms. The van der Waals surface area contributed by atoms with Crippen LogP contribution in [0.25, 0.3) is 11.0 Å². The first-order valence-electron chi connectivity index (χ1n) is 11.1. The minimum Gasteiger partial charge on any atom is -0.511 e. The maximum Gasteiger partial charge on any atom is 0.344 e. The first-order chi connectivity index (χ1) is 16.2. The Morgan fingerprint density at radius 2 is 1.68 bits per heavy atom. The van der Waals surface area contributed by atoms with Gasteiger partial charge in [-0.05, 0) is 56.5 Å². The number of benzene rings is 2. The molecule has 0 spiro atoms. The molecule has 0 saturated carbocycles. The van der Waals surface area contributed by atoms with Gasteiger partial charge in [-0.15, -0.1) is 0 Å². The van der Waals surface area contributed by atoms with Crippen LogP contribution in [0.3, 0.4) is 0 Å². The minimum atomic E-state index is -1.08. The molecule has 0 fully saturated rings. The largest absolute Gasteiger partial charge is 0.511 e. The van der Waals surface area contributed by atoms with Crippen molar-refractivity contribution in [2.24, 2.45) is 5.92 Å². The highest BCUT2D eigenvalue weighted by molar-refractivity contribution is 5.95. The Morgan fingerprint density at radius 1 is 0.971 bits per heavy atom. The minimum absolute atomic E-state index is 0.0759. The molecule has 2 unspecified atom stereocenters. The second kappa shape index (κ2) is 8.06. The number of aromatic hydroxyl groups is 1. The van der Waals surface area contributed by atoms with Crippen LogP contribution in [0.5, 0.6) is 5.75 Å². The van der Waals surface area contributed by atoms with Crippen LogP contribution in [0.2, 0.25) is 0 Å². The summed E-state index contributed by atoms with van der Waals surface area (Å²) < 4.78 is 11.2. The standard InChI is InChI=1S/C28H24O6/c1-14-4-8-17(9-5-14)22(23-25(29)18-10-6-15(2)12-20(18)33-27(23)31)24-26(30)19-11-7-16(3)13-21(19)34-28(24)32/h4-10,12-13,19,22,29-30H,11H2,1-3H3. The van der Waals surface area contributed by atoms with E-state index in [9.17, 15) is 19.8 Å². The van der Waals surface area contributed by atoms with Gasteiger partial charge < -0.3 is 19.4 Å². The lowest BCUT2D eigenvalue weighted by atomic mass is 9.79. The molecule has 2 heterocycles. The molecular formula is C28H24O6. The molecule has 6 heteroatoms. The van der Waals surface area contributed by atoms with Crippen molar-refractivity contribution >= 4 is 16.9 Å². The number of fused-ring (bicyclic) bond motifs is 2. The summed E-state index contributed by atoms with van der Waals surface area (Å²) in [5, 5.41) is 22.9. The number of rotatable bonds is 3. The van der Waals surface area contributed by atoms with Gasteiger partial charge in [0.15, 0.2) is 0 Å². The normalized spacial score (nSPS) is 18.8. The Bertz CT molecular complexity index is 1480. The predicted molar refractivity (Wildman–Crippen MR) is 128 cm³/mol. The number of ether oxygens (including phenoxy) is 1. The second-order valence-corrected chi connectivity index (χ2v) is 8.97. The first kappa shape index (κ1) is 21.8. The van der Waals surface area contributed by atoms with Crippen molar-refractivity contribution in [3.63, 3.8) is 0 Å². The van der Waals surface area contributed by atoms with Gasteiger partial charge in [0.25, 0.3) is 0 Å². The van der Waals surface area contributed by atoms with E-state index in [1.165, 1.54) is 0 Å². The Morgan fingerprint density at radius 3 is 2.41 bits per heavy atom. The SMILES string of the molecule is CC1=CCC2C(=C1)OC(=O)C(C(c1ccc(C)cc1)c1c(O)c3ccc(C)cc3oc1=O)=C2O. The summed E-state index contributed by atoms with van der Waals surface area (Å²) in [4.78, 5) is 26.5. The number of carbonyl (C=O) groups is 1. The van der Waals surface area contributed by atoms with E-state index in [2.05, 4.69) is 0 Å². The van der Waals surface area contributed by atoms with Gasteiger partial charge in [-0.25, -0.2) is 9.59 Å². The molecule has 1 aliphatic carbocycles. The molecule has 2 aromatic carbocycles. The number of hydrogen-bond acceptors (Lipinski definition) is 6. The molecule has 2 atom stereocenters. The van der Waals surface area contributed by atoms with Crippen molar-refractivity contribution < 1.29 is 24.2 Å². The molecular weight excluding hydrogens is 432 g/mol. The number of carbonyl (C=O) groups excluding carboxylic acids is 1. The fraction of sp³-hybridized carbons (Fsp3) is 0.214. The van der Waals surface area contributed by atoms with Gasteiger partial charge >= 0.3 is 11.6 Å². The summed E-state index contributed by atoms with van der Waals surface area (Å²) in [7, 11) is 0. The molecule has 34 heavy (non-hydrogen) atoms. The first-order valence-corrected chi connectivity index (χ1v) is 11.1. The fourth-order valence-electron chi connectivity index (χ4n) is 4.67. The van der Waals surface area contributed by atoms with E-state index in [4.69, 9.17) is 9.15 Å². The van der Waals surface area contributed by atoms with Crippen LogP contribution in [-0.4, -0.2) is 16.2 Å². The van der Waals surface area contributed by atoms with Crippen molar-refractivity contribution in [3.05, 3.63) is 110 Å². The van der Waals surface area contributed by atoms with E-state index in [-0.39, 0.29) is 28.2 Å². The lowest BCUT2D eigenvalue weighted by molar-refractivity contribution is -0.137. The summed E-state index contributed by atoms with van der Waals surface area (Å²) in [6.07, 6.45) is 4.13. The number of aryl methyl sites for hydroxylation is 2. The second-order valence-electron chi connectivity index (χ2n) is 8.97. The van der Waals surface area contributed by atoms with Crippen molar-refractivity contribution in [1.82, 2.24) is 0 Å². The van der Waals surface area contributed by atoms with Gasteiger partial charge in [0.1, 0.15) is 22.9 Å². The van der Waals surface area contributed by atoms with Crippen LogP contribution < -0.4 is 5.63 Å². The predicted octanol–water partition coefficient (Wildman–Crippen LogP) is 5.47. The van der Waals surface area contributed by atoms with E-state index in [0.717, 1.165) is 16.7 Å². The zero-order chi connectivity index (χ0) is 24.1. The summed E-state index contributed by atoms with van der Waals surface area (Å²) in [6.45, 7) is 5.66. The maximum atomic E-state index is 13.2. The molecule has 0 radical (unpaired) electrons. The molecule has 6 nitrogen and oxygen atoms in total. The third kappa shape index (κ3) is 3.52. The van der Waals surface area contributed by atoms with E-state index in [1.54, 1.807) is 36.4 Å². The van der Waals surface area contributed by atoms with Crippen molar-refractivity contribution in [2.75, 3.05) is 0 Å². The number of hydrogen-bond donors (Lipinski definition) is 2. The third-order valence-corrected chi connectivity index (χ3v) is 6.48. The highest BCUT2D eigenvalue weighted by Crippen LogP contribution is 2.45. The summed E-state index contributed by atoms with van der Waals surface area (Å²) in [5.41, 5.74) is 2.61. The molecule has 0 saturated heterocycles. The highest BCUT2D eigenvalue weighted by Gasteiger charge is 2.42. The molecule has 2 N–H and O–H groups in total. The van der Waals surface area contributed by atoms with Gasteiger partial charge in [0.2, 0.25) is 0 Å². The fourth-order valence-corrected chi connectivity index (χ4v) is 4.67. The van der Waals surface area contributed by atoms with Gasteiger partial charge in [-0.1, -0.05) is 47.5 Å². The molecule has 2 aliphatic rings. The smallest absolute Gasteiger partial charge is 0.344 e. The lowest BCUT2D eigenvalue weighted by Crippen LogP contribution is -2.30. The van der Waals surface area contributed by atoms with Crippen LogP contribution in [0.15, 0.2) is 86.5 Å². The van der Waals surface area contributed by atoms with Crippen LogP contribution in [-0.2, 0) is 9.53 Å². The Hall–Kier alpha value is -4.06. The Kier molecular flexibility index (Phi) is 5.16. The van der Waals surface area contributed by atoms with Crippen LogP contribution >= 0.6 is 0 Å². The average molecular weight is 456 g/mol. The van der Waals surface area contributed by atoms with E-state index < -0.39 is 23.4 Å². The van der Waals surface area contributed by atoms with Gasteiger partial charge in [-0.2, -0.15) is 0 Å². The summed E-state index contributed by atoms with van der Waals surface area (Å²) in [5.74, 6) is -2.46. The van der Waals surface area contributed by atoms with Crippen LogP contribution in [0, 0.1) is 19.8 Å². The maximum absolute atomic E-state index is 13.2.